The van der Waals surface area contributed by atoms with Gasteiger partial charge >= 0.3 is 6.03 Å². The molecule has 1 aliphatic heterocycles. The zero-order valence-corrected chi connectivity index (χ0v) is 12.5. The number of amides is 2. The summed E-state index contributed by atoms with van der Waals surface area (Å²) >= 11 is 6.14. The van der Waals surface area contributed by atoms with Gasteiger partial charge in [-0.05, 0) is 18.9 Å². The van der Waals surface area contributed by atoms with Crippen molar-refractivity contribution >= 4 is 17.6 Å². The molecule has 1 atom stereocenters. The van der Waals surface area contributed by atoms with Gasteiger partial charge in [0.1, 0.15) is 5.75 Å². The first kappa shape index (κ1) is 14.5. The number of aliphatic hydroxyl groups excluding tert-OH is 1. The molecule has 0 radical (unpaired) electrons. The number of hydrogen-bond donors (Lipinski definition) is 2. The van der Waals surface area contributed by atoms with Crippen LogP contribution in [0.25, 0.3) is 0 Å². The number of nitrogens with zero attached hydrogens (tertiary/aromatic N) is 1. The van der Waals surface area contributed by atoms with Crippen LogP contribution in [0.3, 0.4) is 0 Å². The maximum atomic E-state index is 12.4. The first-order chi connectivity index (χ1) is 10.2. The number of ether oxygens (including phenoxy) is 1. The molecule has 1 aromatic rings. The minimum atomic E-state index is -0.121. The van der Waals surface area contributed by atoms with E-state index in [2.05, 4.69) is 5.32 Å². The number of nitrogens with one attached hydrogen (secondary N) is 1. The highest BCUT2D eigenvalue weighted by atomic mass is 35.5. The summed E-state index contributed by atoms with van der Waals surface area (Å²) in [6, 6.07) is 5.63. The van der Waals surface area contributed by atoms with Crippen molar-refractivity contribution < 1.29 is 14.6 Å². The van der Waals surface area contributed by atoms with Crippen molar-refractivity contribution in [3.05, 3.63) is 28.8 Å². The molecule has 5 nitrogen and oxygen atoms in total. The number of halogens is 1. The summed E-state index contributed by atoms with van der Waals surface area (Å²) in [5.41, 5.74) is 0.918. The first-order valence-electron chi connectivity index (χ1n) is 7.30. The van der Waals surface area contributed by atoms with Crippen LogP contribution in [0.4, 0.5) is 4.79 Å². The molecule has 3 rings (SSSR count). The minimum absolute atomic E-state index is 0.0138. The smallest absolute Gasteiger partial charge is 0.318 e. The lowest BCUT2D eigenvalue weighted by Gasteiger charge is -2.30. The molecule has 0 spiro atoms. The van der Waals surface area contributed by atoms with Crippen LogP contribution in [0.1, 0.15) is 30.9 Å². The number of aliphatic hydroxyl groups is 1. The number of carbonyl (C=O) groups excluding carboxylic acids is 1. The number of rotatable bonds is 4. The topological polar surface area (TPSA) is 61.8 Å². The SMILES string of the molecule is O=C(NC1CCOc2c(Cl)cccc21)N(CCO)C1CC1. The van der Waals surface area contributed by atoms with Crippen LogP contribution in [0.15, 0.2) is 18.2 Å². The summed E-state index contributed by atoms with van der Waals surface area (Å²) in [4.78, 5) is 14.1. The molecule has 0 saturated heterocycles. The molecule has 0 aromatic heterocycles. The Morgan fingerprint density at radius 3 is 2.95 bits per heavy atom. The van der Waals surface area contributed by atoms with Crippen molar-refractivity contribution in [1.82, 2.24) is 10.2 Å². The van der Waals surface area contributed by atoms with Gasteiger partial charge in [0.25, 0.3) is 0 Å². The maximum Gasteiger partial charge on any atom is 0.318 e. The molecule has 21 heavy (non-hydrogen) atoms. The van der Waals surface area contributed by atoms with Crippen molar-refractivity contribution in [2.75, 3.05) is 19.8 Å². The van der Waals surface area contributed by atoms with E-state index in [9.17, 15) is 4.79 Å². The average molecular weight is 311 g/mol. The summed E-state index contributed by atoms with van der Waals surface area (Å²) in [6.07, 6.45) is 2.75. The molecule has 1 aliphatic carbocycles. The molecule has 2 aliphatic rings. The van der Waals surface area contributed by atoms with Gasteiger partial charge in [0.15, 0.2) is 0 Å². The lowest BCUT2D eigenvalue weighted by atomic mass is 10.0. The highest BCUT2D eigenvalue weighted by Gasteiger charge is 2.34. The standard InChI is InChI=1S/C15H19ClN2O3/c16-12-3-1-2-11-13(6-9-21-14(11)12)17-15(20)18(7-8-19)10-4-5-10/h1-3,10,13,19H,4-9H2,(H,17,20). The molecule has 2 amide bonds. The van der Waals surface area contributed by atoms with Crippen LogP contribution in [0.5, 0.6) is 5.75 Å². The van der Waals surface area contributed by atoms with Gasteiger partial charge in [-0.25, -0.2) is 4.79 Å². The van der Waals surface area contributed by atoms with Gasteiger partial charge in [0, 0.05) is 24.6 Å². The Balaban J connectivity index is 1.74. The number of hydrogen-bond acceptors (Lipinski definition) is 3. The highest BCUT2D eigenvalue weighted by Crippen LogP contribution is 2.37. The number of urea groups is 1. The predicted molar refractivity (Wildman–Crippen MR) is 79.7 cm³/mol. The van der Waals surface area contributed by atoms with Crippen molar-refractivity contribution in [3.63, 3.8) is 0 Å². The van der Waals surface area contributed by atoms with E-state index in [1.165, 1.54) is 0 Å². The Labute approximate surface area is 128 Å². The van der Waals surface area contributed by atoms with Crippen LogP contribution in [-0.2, 0) is 0 Å². The first-order valence-corrected chi connectivity index (χ1v) is 7.67. The Morgan fingerprint density at radius 1 is 1.43 bits per heavy atom. The van der Waals surface area contributed by atoms with E-state index in [-0.39, 0.29) is 24.7 Å². The molecule has 1 fully saturated rings. The van der Waals surface area contributed by atoms with Crippen molar-refractivity contribution in [2.24, 2.45) is 0 Å². The Bertz CT molecular complexity index is 534. The number of carbonyl (C=O) groups is 1. The number of para-hydroxylation sites is 1. The van der Waals surface area contributed by atoms with Gasteiger partial charge in [-0.2, -0.15) is 0 Å². The summed E-state index contributed by atoms with van der Waals surface area (Å²) in [5.74, 6) is 0.663. The van der Waals surface area contributed by atoms with Crippen LogP contribution in [0.2, 0.25) is 5.02 Å². The lowest BCUT2D eigenvalue weighted by molar-refractivity contribution is 0.166. The molecule has 1 aromatic carbocycles. The summed E-state index contributed by atoms with van der Waals surface area (Å²) in [7, 11) is 0. The van der Waals surface area contributed by atoms with E-state index in [1.807, 2.05) is 12.1 Å². The van der Waals surface area contributed by atoms with Crippen molar-refractivity contribution in [3.8, 4) is 5.75 Å². The fourth-order valence-electron chi connectivity index (χ4n) is 2.71. The third kappa shape index (κ3) is 3.09. The normalized spacial score (nSPS) is 20.4. The molecule has 1 saturated carbocycles. The van der Waals surface area contributed by atoms with Crippen LogP contribution in [-0.4, -0.2) is 41.8 Å². The fraction of sp³-hybridized carbons (Fsp3) is 0.533. The molecule has 6 heteroatoms. The number of fused-ring (bicyclic) bond motifs is 1. The van der Waals surface area contributed by atoms with Crippen molar-refractivity contribution in [2.45, 2.75) is 31.3 Å². The van der Waals surface area contributed by atoms with E-state index in [0.717, 1.165) is 24.8 Å². The van der Waals surface area contributed by atoms with Gasteiger partial charge in [0.2, 0.25) is 0 Å². The second-order valence-electron chi connectivity index (χ2n) is 5.45. The summed E-state index contributed by atoms with van der Waals surface area (Å²) < 4.78 is 5.60. The minimum Gasteiger partial charge on any atom is -0.492 e. The average Bonchev–Trinajstić information content (AvgIpc) is 3.30. The van der Waals surface area contributed by atoms with Crippen LogP contribution in [0, 0.1) is 0 Å². The predicted octanol–water partition coefficient (Wildman–Crippen LogP) is 2.33. The monoisotopic (exact) mass is 310 g/mol. The summed E-state index contributed by atoms with van der Waals surface area (Å²) in [5, 5.41) is 12.7. The van der Waals surface area contributed by atoms with E-state index in [0.29, 0.717) is 23.9 Å². The van der Waals surface area contributed by atoms with Crippen molar-refractivity contribution in [1.29, 1.82) is 0 Å². The molecule has 1 heterocycles. The lowest BCUT2D eigenvalue weighted by Crippen LogP contribution is -2.45. The highest BCUT2D eigenvalue weighted by molar-refractivity contribution is 6.32. The van der Waals surface area contributed by atoms with Gasteiger partial charge in [-0.1, -0.05) is 23.7 Å². The third-order valence-corrected chi connectivity index (χ3v) is 4.21. The van der Waals surface area contributed by atoms with E-state index >= 15 is 0 Å². The fourth-order valence-corrected chi connectivity index (χ4v) is 2.95. The second kappa shape index (κ2) is 6.12. The van der Waals surface area contributed by atoms with Gasteiger partial charge in [0.05, 0.1) is 24.3 Å². The summed E-state index contributed by atoms with van der Waals surface area (Å²) in [6.45, 7) is 0.896. The Hall–Kier alpha value is -1.46. The van der Waals surface area contributed by atoms with Gasteiger partial charge < -0.3 is 20.1 Å². The molecular weight excluding hydrogens is 292 g/mol. The Morgan fingerprint density at radius 2 is 2.24 bits per heavy atom. The zero-order valence-electron chi connectivity index (χ0n) is 11.7. The van der Waals surface area contributed by atoms with Gasteiger partial charge in [-0.3, -0.25) is 0 Å². The van der Waals surface area contributed by atoms with E-state index in [4.69, 9.17) is 21.4 Å². The van der Waals surface area contributed by atoms with E-state index in [1.54, 1.807) is 11.0 Å². The third-order valence-electron chi connectivity index (χ3n) is 3.91. The molecule has 1 unspecified atom stereocenters. The maximum absolute atomic E-state index is 12.4. The zero-order chi connectivity index (χ0) is 14.8. The van der Waals surface area contributed by atoms with E-state index < -0.39 is 0 Å². The quantitative estimate of drug-likeness (QED) is 0.897. The van der Waals surface area contributed by atoms with Crippen LogP contribution >= 0.6 is 11.6 Å². The molecule has 0 bridgehead atoms. The molecule has 114 valence electrons. The van der Waals surface area contributed by atoms with Crippen LogP contribution < -0.4 is 10.1 Å². The molecular formula is C15H19ClN2O3. The molecule has 2 N–H and O–H groups in total. The Kier molecular flexibility index (Phi) is 4.22. The van der Waals surface area contributed by atoms with Gasteiger partial charge in [-0.15, -0.1) is 0 Å². The largest absolute Gasteiger partial charge is 0.492 e. The number of benzene rings is 1. The second-order valence-corrected chi connectivity index (χ2v) is 5.85.